The lowest BCUT2D eigenvalue weighted by atomic mass is 10.2. The van der Waals surface area contributed by atoms with Gasteiger partial charge in [0.1, 0.15) is 6.04 Å². The number of rotatable bonds is 3. The second-order valence-corrected chi connectivity index (χ2v) is 4.55. The highest BCUT2D eigenvalue weighted by Crippen LogP contribution is 2.16. The maximum absolute atomic E-state index is 11.7. The van der Waals surface area contributed by atoms with Gasteiger partial charge < -0.3 is 10.6 Å². The Morgan fingerprint density at radius 3 is 2.50 bits per heavy atom. The van der Waals surface area contributed by atoms with Gasteiger partial charge in [0.2, 0.25) is 11.8 Å². The topological polar surface area (TPSA) is 58.2 Å². The smallest absolute Gasteiger partial charge is 0.246 e. The van der Waals surface area contributed by atoms with Gasteiger partial charge in [-0.25, -0.2) is 0 Å². The molecule has 5 heteroatoms. The molecule has 0 saturated carbocycles. The quantitative estimate of drug-likeness (QED) is 0.829. The van der Waals surface area contributed by atoms with Gasteiger partial charge in [0, 0.05) is 10.5 Å². The number of halogens is 1. The molecule has 2 amide bonds. The van der Waals surface area contributed by atoms with Gasteiger partial charge in [0.15, 0.2) is 0 Å². The molecule has 86 valence electrons. The van der Waals surface area contributed by atoms with Crippen LogP contribution in [0, 0.1) is 3.57 Å². The lowest BCUT2D eigenvalue weighted by Crippen LogP contribution is -2.40. The van der Waals surface area contributed by atoms with Crippen molar-refractivity contribution in [3.63, 3.8) is 0 Å². The Bertz CT molecular complexity index is 407. The third-order valence-electron chi connectivity index (χ3n) is 1.94. The largest absolute Gasteiger partial charge is 0.345 e. The molecule has 1 aromatic rings. The van der Waals surface area contributed by atoms with E-state index in [1.807, 2.05) is 24.3 Å². The number of anilines is 1. The van der Waals surface area contributed by atoms with Crippen LogP contribution in [0.25, 0.3) is 0 Å². The number of hydrogen-bond donors (Lipinski definition) is 2. The van der Waals surface area contributed by atoms with E-state index in [1.54, 1.807) is 6.92 Å². The van der Waals surface area contributed by atoms with E-state index in [4.69, 9.17) is 0 Å². The Labute approximate surface area is 108 Å². The number of benzene rings is 1. The number of nitrogens with one attached hydrogen (secondary N) is 2. The molecule has 1 atom stereocenters. The van der Waals surface area contributed by atoms with Crippen LogP contribution in [0.4, 0.5) is 5.69 Å². The third-order valence-corrected chi connectivity index (χ3v) is 2.89. The Kier molecular flexibility index (Phi) is 4.72. The van der Waals surface area contributed by atoms with Crippen molar-refractivity contribution in [2.45, 2.75) is 19.9 Å². The summed E-state index contributed by atoms with van der Waals surface area (Å²) < 4.78 is 0.962. The first-order valence-corrected chi connectivity index (χ1v) is 5.91. The van der Waals surface area contributed by atoms with E-state index in [-0.39, 0.29) is 11.8 Å². The molecule has 0 heterocycles. The summed E-state index contributed by atoms with van der Waals surface area (Å²) in [6.07, 6.45) is 0. The number of amides is 2. The molecule has 0 saturated heterocycles. The van der Waals surface area contributed by atoms with Gasteiger partial charge in [-0.1, -0.05) is 12.1 Å². The molecule has 0 aliphatic rings. The summed E-state index contributed by atoms with van der Waals surface area (Å²) in [5.41, 5.74) is 0.755. The fourth-order valence-electron chi connectivity index (χ4n) is 1.17. The number of carbonyl (C=O) groups is 2. The SMILES string of the molecule is CC(=O)NC(C)C(=O)Nc1ccccc1I. The van der Waals surface area contributed by atoms with Crippen molar-refractivity contribution < 1.29 is 9.59 Å². The van der Waals surface area contributed by atoms with Crippen LogP contribution >= 0.6 is 22.6 Å². The maximum Gasteiger partial charge on any atom is 0.246 e. The Hall–Kier alpha value is -1.11. The number of para-hydroxylation sites is 1. The fraction of sp³-hybridized carbons (Fsp3) is 0.273. The standard InChI is InChI=1S/C11H13IN2O2/c1-7(13-8(2)15)11(16)14-10-6-4-3-5-9(10)12/h3-7H,1-2H3,(H,13,15)(H,14,16). The molecular weight excluding hydrogens is 319 g/mol. The highest BCUT2D eigenvalue weighted by Gasteiger charge is 2.14. The summed E-state index contributed by atoms with van der Waals surface area (Å²) in [7, 11) is 0. The van der Waals surface area contributed by atoms with Crippen molar-refractivity contribution in [3.8, 4) is 0 Å². The van der Waals surface area contributed by atoms with Gasteiger partial charge in [-0.3, -0.25) is 9.59 Å². The van der Waals surface area contributed by atoms with Gasteiger partial charge in [0.05, 0.1) is 5.69 Å². The van der Waals surface area contributed by atoms with Crippen LogP contribution in [0.2, 0.25) is 0 Å². The van der Waals surface area contributed by atoms with E-state index < -0.39 is 6.04 Å². The van der Waals surface area contributed by atoms with Crippen molar-refractivity contribution in [1.82, 2.24) is 5.32 Å². The predicted molar refractivity (Wildman–Crippen MR) is 71.1 cm³/mol. The first-order valence-electron chi connectivity index (χ1n) is 4.83. The minimum atomic E-state index is -0.534. The summed E-state index contributed by atoms with van der Waals surface area (Å²) in [6.45, 7) is 3.03. The van der Waals surface area contributed by atoms with Crippen molar-refractivity contribution in [1.29, 1.82) is 0 Å². The van der Waals surface area contributed by atoms with Gasteiger partial charge in [0.25, 0.3) is 0 Å². The van der Waals surface area contributed by atoms with E-state index >= 15 is 0 Å². The Morgan fingerprint density at radius 2 is 1.94 bits per heavy atom. The molecule has 0 fully saturated rings. The Balaban J connectivity index is 2.64. The average Bonchev–Trinajstić information content (AvgIpc) is 2.20. The summed E-state index contributed by atoms with van der Waals surface area (Å²) in [4.78, 5) is 22.5. The molecule has 0 bridgehead atoms. The van der Waals surface area contributed by atoms with Crippen molar-refractivity contribution in [2.75, 3.05) is 5.32 Å². The highest BCUT2D eigenvalue weighted by atomic mass is 127. The second kappa shape index (κ2) is 5.83. The number of hydrogen-bond acceptors (Lipinski definition) is 2. The summed E-state index contributed by atoms with van der Waals surface area (Å²) >= 11 is 2.14. The lowest BCUT2D eigenvalue weighted by Gasteiger charge is -2.13. The van der Waals surface area contributed by atoms with Gasteiger partial charge in [-0.2, -0.15) is 0 Å². The van der Waals surface area contributed by atoms with Crippen molar-refractivity contribution in [3.05, 3.63) is 27.8 Å². The van der Waals surface area contributed by atoms with Crippen LogP contribution < -0.4 is 10.6 Å². The van der Waals surface area contributed by atoms with Crippen molar-refractivity contribution >= 4 is 40.1 Å². The average molecular weight is 332 g/mol. The van der Waals surface area contributed by atoms with Crippen molar-refractivity contribution in [2.24, 2.45) is 0 Å². The molecule has 0 aliphatic carbocycles. The van der Waals surface area contributed by atoms with Crippen LogP contribution in [0.5, 0.6) is 0 Å². The molecule has 0 spiro atoms. The number of carbonyl (C=O) groups excluding carboxylic acids is 2. The highest BCUT2D eigenvalue weighted by molar-refractivity contribution is 14.1. The lowest BCUT2D eigenvalue weighted by molar-refractivity contribution is -0.124. The van der Waals surface area contributed by atoms with Crippen LogP contribution in [0.3, 0.4) is 0 Å². The monoisotopic (exact) mass is 332 g/mol. The molecule has 1 rings (SSSR count). The second-order valence-electron chi connectivity index (χ2n) is 3.39. The van der Waals surface area contributed by atoms with E-state index in [2.05, 4.69) is 33.2 Å². The van der Waals surface area contributed by atoms with Crippen LogP contribution in [-0.2, 0) is 9.59 Å². The van der Waals surface area contributed by atoms with E-state index in [0.29, 0.717) is 0 Å². The molecule has 4 nitrogen and oxygen atoms in total. The van der Waals surface area contributed by atoms with Gasteiger partial charge >= 0.3 is 0 Å². The molecule has 0 radical (unpaired) electrons. The maximum atomic E-state index is 11.7. The summed E-state index contributed by atoms with van der Waals surface area (Å²) in [6, 6.07) is 6.93. The summed E-state index contributed by atoms with van der Waals surface area (Å²) in [5, 5.41) is 5.28. The van der Waals surface area contributed by atoms with Gasteiger partial charge in [-0.15, -0.1) is 0 Å². The van der Waals surface area contributed by atoms with E-state index in [1.165, 1.54) is 6.92 Å². The minimum absolute atomic E-state index is 0.217. The van der Waals surface area contributed by atoms with Gasteiger partial charge in [-0.05, 0) is 41.6 Å². The van der Waals surface area contributed by atoms with E-state index in [0.717, 1.165) is 9.26 Å². The van der Waals surface area contributed by atoms with Crippen LogP contribution in [0.1, 0.15) is 13.8 Å². The first kappa shape index (κ1) is 13.0. The zero-order valence-corrected chi connectivity index (χ0v) is 11.2. The molecule has 16 heavy (non-hydrogen) atoms. The first-order chi connectivity index (χ1) is 7.50. The predicted octanol–water partition coefficient (Wildman–Crippen LogP) is 1.75. The fourth-order valence-corrected chi connectivity index (χ4v) is 1.70. The van der Waals surface area contributed by atoms with Crippen LogP contribution in [0.15, 0.2) is 24.3 Å². The van der Waals surface area contributed by atoms with Crippen LogP contribution in [-0.4, -0.2) is 17.9 Å². The molecule has 2 N–H and O–H groups in total. The zero-order valence-electron chi connectivity index (χ0n) is 9.08. The Morgan fingerprint density at radius 1 is 1.31 bits per heavy atom. The normalized spacial score (nSPS) is 11.7. The minimum Gasteiger partial charge on any atom is -0.345 e. The third kappa shape index (κ3) is 3.80. The van der Waals surface area contributed by atoms with E-state index in [9.17, 15) is 9.59 Å². The zero-order chi connectivity index (χ0) is 12.1. The molecule has 1 unspecified atom stereocenters. The molecular formula is C11H13IN2O2. The molecule has 0 aromatic heterocycles. The molecule has 1 aromatic carbocycles. The summed E-state index contributed by atoms with van der Waals surface area (Å²) in [5.74, 6) is -0.440. The molecule has 0 aliphatic heterocycles.